The normalized spacial score (nSPS) is 22.6. The molecule has 0 spiro atoms. The molecule has 1 aromatic carbocycles. The van der Waals surface area contributed by atoms with Gasteiger partial charge in [0.2, 0.25) is 11.7 Å². The summed E-state index contributed by atoms with van der Waals surface area (Å²) >= 11 is 0. The lowest BCUT2D eigenvalue weighted by atomic mass is 9.73. The van der Waals surface area contributed by atoms with Crippen molar-refractivity contribution in [1.29, 1.82) is 0 Å². The second-order valence-corrected chi connectivity index (χ2v) is 16.6. The molecule has 6 rings (SSSR count). The third kappa shape index (κ3) is 7.57. The molecule has 3 saturated carbocycles. The van der Waals surface area contributed by atoms with Gasteiger partial charge >= 0.3 is 0 Å². The van der Waals surface area contributed by atoms with Crippen LogP contribution in [0.25, 0.3) is 5.57 Å². The number of allylic oxidation sites excluding steroid dienone is 2. The number of benzene rings is 1. The minimum absolute atomic E-state index is 0.0369. The van der Waals surface area contributed by atoms with Crippen LogP contribution in [0.3, 0.4) is 0 Å². The maximum Gasteiger partial charge on any atom is 0.277 e. The van der Waals surface area contributed by atoms with Crippen molar-refractivity contribution in [3.63, 3.8) is 0 Å². The Morgan fingerprint density at radius 1 is 0.882 bits per heavy atom. The number of hydrogen-bond donors (Lipinski definition) is 2. The number of amides is 2. The molecule has 8 heteroatoms. The van der Waals surface area contributed by atoms with E-state index in [0.717, 1.165) is 50.9 Å². The second kappa shape index (κ2) is 16.1. The molecule has 0 aromatic heterocycles. The molecule has 2 N–H and O–H groups in total. The highest BCUT2D eigenvalue weighted by molar-refractivity contribution is 6.44. The minimum Gasteiger partial charge on any atom is -0.506 e. The van der Waals surface area contributed by atoms with Gasteiger partial charge in [-0.05, 0) is 94.7 Å². The molecule has 1 aliphatic heterocycles. The lowest BCUT2D eigenvalue weighted by Crippen LogP contribution is -2.46. The Morgan fingerprint density at radius 2 is 1.47 bits per heavy atom. The zero-order chi connectivity index (χ0) is 36.3. The van der Waals surface area contributed by atoms with Gasteiger partial charge in [0, 0.05) is 29.8 Å². The number of rotatable bonds is 13. The van der Waals surface area contributed by atoms with Crippen molar-refractivity contribution in [2.75, 3.05) is 23.3 Å². The van der Waals surface area contributed by atoms with E-state index in [9.17, 15) is 19.5 Å². The summed E-state index contributed by atoms with van der Waals surface area (Å²) in [4.78, 5) is 44.8. The third-order valence-electron chi connectivity index (χ3n) is 13.1. The second-order valence-electron chi connectivity index (χ2n) is 16.6. The molecule has 0 unspecified atom stereocenters. The Labute approximate surface area is 306 Å². The number of hydrogen-bond acceptors (Lipinski definition) is 6. The summed E-state index contributed by atoms with van der Waals surface area (Å²) in [6, 6.07) is 5.71. The van der Waals surface area contributed by atoms with Crippen molar-refractivity contribution in [2.24, 2.45) is 28.3 Å². The van der Waals surface area contributed by atoms with E-state index >= 15 is 0 Å². The molecule has 2 amide bonds. The van der Waals surface area contributed by atoms with Gasteiger partial charge in [-0.25, -0.2) is 5.01 Å². The van der Waals surface area contributed by atoms with Gasteiger partial charge in [-0.3, -0.25) is 14.4 Å². The average molecular weight is 699 g/mol. The van der Waals surface area contributed by atoms with E-state index in [4.69, 9.17) is 5.10 Å². The molecule has 5 aliphatic rings. The van der Waals surface area contributed by atoms with Crippen LogP contribution in [-0.4, -0.2) is 52.6 Å². The van der Waals surface area contributed by atoms with Crippen LogP contribution >= 0.6 is 0 Å². The van der Waals surface area contributed by atoms with Crippen molar-refractivity contribution < 1.29 is 19.5 Å². The smallest absolute Gasteiger partial charge is 0.277 e. The summed E-state index contributed by atoms with van der Waals surface area (Å²) in [5.41, 5.74) is 2.53. The first kappa shape index (κ1) is 37.3. The number of carbonyl (C=O) groups is 3. The van der Waals surface area contributed by atoms with Gasteiger partial charge in [-0.1, -0.05) is 85.0 Å². The first-order valence-corrected chi connectivity index (χ1v) is 20.4. The van der Waals surface area contributed by atoms with Gasteiger partial charge in [0.1, 0.15) is 5.76 Å². The predicted molar refractivity (Wildman–Crippen MR) is 207 cm³/mol. The fourth-order valence-electron chi connectivity index (χ4n) is 9.44. The highest BCUT2D eigenvalue weighted by atomic mass is 16.3. The van der Waals surface area contributed by atoms with Gasteiger partial charge in [-0.15, -0.1) is 0 Å². The van der Waals surface area contributed by atoms with Crippen LogP contribution in [-0.2, 0) is 14.4 Å². The number of hydrazone groups is 1. The molecule has 8 nitrogen and oxygen atoms in total. The Bertz CT molecular complexity index is 1550. The molecular weight excluding hydrogens is 636 g/mol. The molecule has 0 saturated heterocycles. The molecule has 278 valence electrons. The lowest BCUT2D eigenvalue weighted by Gasteiger charge is -2.41. The summed E-state index contributed by atoms with van der Waals surface area (Å²) in [6.07, 6.45) is 18.8. The highest BCUT2D eigenvalue weighted by Gasteiger charge is 2.48. The number of aliphatic hydroxyl groups excluding tert-OH is 1. The van der Waals surface area contributed by atoms with Gasteiger partial charge in [0.05, 0.1) is 34.2 Å². The van der Waals surface area contributed by atoms with E-state index in [2.05, 4.69) is 24.1 Å². The van der Waals surface area contributed by atoms with Crippen LogP contribution in [0.2, 0.25) is 0 Å². The molecule has 0 bridgehead atoms. The largest absolute Gasteiger partial charge is 0.506 e. The molecule has 3 fully saturated rings. The van der Waals surface area contributed by atoms with Gasteiger partial charge in [-0.2, -0.15) is 5.10 Å². The molecule has 1 heterocycles. The maximum atomic E-state index is 14.8. The first-order valence-electron chi connectivity index (χ1n) is 20.4. The number of aliphatic hydroxyl groups is 1. The SMILES string of the molecule is CCN(CC)c1ccc(C2=C(O)C(=C3C(=O)N(C(C4CCCCC4)C4CCCCC4)N=C3CCC3CCCC3)C2=O)c(NC(=O)C(C)(C)CC)c1. The van der Waals surface area contributed by atoms with Crippen LogP contribution in [0.1, 0.15) is 149 Å². The van der Waals surface area contributed by atoms with Gasteiger partial charge in [0.25, 0.3) is 5.91 Å². The van der Waals surface area contributed by atoms with Crippen molar-refractivity contribution in [1.82, 2.24) is 5.01 Å². The molecule has 4 aliphatic carbocycles. The van der Waals surface area contributed by atoms with E-state index in [-0.39, 0.29) is 40.5 Å². The van der Waals surface area contributed by atoms with Crippen molar-refractivity contribution >= 4 is 40.3 Å². The standard InChI is InChI=1S/C43H62N4O4/c1-6-43(4,5)42(51)44-34-27-31(46(7-2)8-3)24-25-32(34)35-39(48)37(40(35)49)36-33(26-23-28-17-15-16-18-28)45-47(41(36)50)38(29-19-11-9-12-20-29)30-21-13-10-14-22-30/h24-25,27-30,38,48H,6-23,26H2,1-5H3,(H,44,51). The number of nitrogens with one attached hydrogen (secondary N) is 1. The fourth-order valence-corrected chi connectivity index (χ4v) is 9.44. The maximum absolute atomic E-state index is 14.8. The Kier molecular flexibility index (Phi) is 11.8. The van der Waals surface area contributed by atoms with Crippen LogP contribution < -0.4 is 10.2 Å². The summed E-state index contributed by atoms with van der Waals surface area (Å²) in [7, 11) is 0. The molecule has 51 heavy (non-hydrogen) atoms. The van der Waals surface area contributed by atoms with E-state index in [0.29, 0.717) is 53.1 Å². The van der Waals surface area contributed by atoms with E-state index < -0.39 is 5.41 Å². The molecule has 0 atom stereocenters. The Hall–Kier alpha value is -3.42. The number of Topliss-reactive ketones (excluding diaryl/α,β-unsaturated/α-hetero) is 1. The van der Waals surface area contributed by atoms with Gasteiger partial charge < -0.3 is 15.3 Å². The Morgan fingerprint density at radius 3 is 2.02 bits per heavy atom. The molecule has 1 aromatic rings. The quantitative estimate of drug-likeness (QED) is 0.200. The van der Waals surface area contributed by atoms with Crippen LogP contribution in [0.5, 0.6) is 0 Å². The van der Waals surface area contributed by atoms with Crippen molar-refractivity contribution in [2.45, 2.75) is 150 Å². The number of ketones is 1. The molecule has 0 radical (unpaired) electrons. The monoisotopic (exact) mass is 698 g/mol. The summed E-state index contributed by atoms with van der Waals surface area (Å²) in [5, 5.41) is 22.0. The lowest BCUT2D eigenvalue weighted by molar-refractivity contribution is -0.131. The topological polar surface area (TPSA) is 102 Å². The zero-order valence-corrected chi connectivity index (χ0v) is 32.0. The first-order chi connectivity index (χ1) is 24.6. The summed E-state index contributed by atoms with van der Waals surface area (Å²) in [6.45, 7) is 11.5. The fraction of sp³-hybridized carbons (Fsp3) is 0.674. The van der Waals surface area contributed by atoms with E-state index in [1.165, 1.54) is 64.2 Å². The van der Waals surface area contributed by atoms with Crippen molar-refractivity contribution in [3.8, 4) is 0 Å². The number of nitrogens with zero attached hydrogens (tertiary/aromatic N) is 3. The van der Waals surface area contributed by atoms with Gasteiger partial charge in [0.15, 0.2) is 0 Å². The molecular formula is C43H62N4O4. The van der Waals surface area contributed by atoms with Crippen LogP contribution in [0.4, 0.5) is 11.4 Å². The van der Waals surface area contributed by atoms with E-state index in [1.54, 1.807) is 5.01 Å². The highest BCUT2D eigenvalue weighted by Crippen LogP contribution is 2.46. The third-order valence-corrected chi connectivity index (χ3v) is 13.1. The zero-order valence-electron chi connectivity index (χ0n) is 32.0. The Balaban J connectivity index is 1.41. The predicted octanol–water partition coefficient (Wildman–Crippen LogP) is 9.75. The number of anilines is 2. The van der Waals surface area contributed by atoms with Crippen molar-refractivity contribution in [3.05, 3.63) is 40.7 Å². The average Bonchev–Trinajstić information content (AvgIpc) is 3.78. The summed E-state index contributed by atoms with van der Waals surface area (Å²) < 4.78 is 0. The number of carbonyl (C=O) groups excluding carboxylic acids is 3. The minimum atomic E-state index is -0.618. The van der Waals surface area contributed by atoms with Crippen LogP contribution in [0.15, 0.2) is 40.2 Å². The van der Waals surface area contributed by atoms with Crippen LogP contribution in [0, 0.1) is 23.2 Å². The summed E-state index contributed by atoms with van der Waals surface area (Å²) in [5.74, 6) is 0.569. The van der Waals surface area contributed by atoms with E-state index in [1.807, 2.05) is 39.0 Å².